The molecule has 2 aromatic carbocycles. The average Bonchev–Trinajstić information content (AvgIpc) is 2.54. The van der Waals surface area contributed by atoms with E-state index < -0.39 is 25.9 Å². The Morgan fingerprint density at radius 3 is 1.88 bits per heavy atom. The fraction of sp³-hybridized carbons (Fsp3) is 0.250. The summed E-state index contributed by atoms with van der Waals surface area (Å²) in [5.41, 5.74) is 0.579. The minimum atomic E-state index is -4.02. The molecule has 142 valence electrons. The van der Waals surface area contributed by atoms with Crippen molar-refractivity contribution in [3.63, 3.8) is 0 Å². The maximum absolute atomic E-state index is 13.0. The summed E-state index contributed by atoms with van der Waals surface area (Å²) in [4.78, 5) is 1.46. The van der Waals surface area contributed by atoms with Gasteiger partial charge in [0.05, 0.1) is 21.2 Å². The van der Waals surface area contributed by atoms with E-state index in [0.717, 1.165) is 28.6 Å². The van der Waals surface area contributed by atoms with Gasteiger partial charge in [-0.2, -0.15) is 0 Å². The molecule has 0 saturated heterocycles. The molecule has 0 aliphatic heterocycles. The van der Waals surface area contributed by atoms with Crippen LogP contribution in [0.4, 0.5) is 15.8 Å². The van der Waals surface area contributed by atoms with Crippen molar-refractivity contribution in [2.75, 3.05) is 37.8 Å². The van der Waals surface area contributed by atoms with E-state index in [9.17, 15) is 21.2 Å². The molecule has 0 amide bonds. The van der Waals surface area contributed by atoms with E-state index in [4.69, 9.17) is 0 Å². The number of rotatable bonds is 6. The second-order valence-corrected chi connectivity index (χ2v) is 9.75. The molecule has 2 aromatic rings. The van der Waals surface area contributed by atoms with Gasteiger partial charge in [-0.05, 0) is 42.5 Å². The Kier molecular flexibility index (Phi) is 5.59. The quantitative estimate of drug-likeness (QED) is 0.799. The summed E-state index contributed by atoms with van der Waals surface area (Å²) < 4.78 is 66.3. The zero-order valence-corrected chi connectivity index (χ0v) is 16.4. The third-order valence-electron chi connectivity index (χ3n) is 3.60. The van der Waals surface area contributed by atoms with E-state index in [2.05, 4.69) is 4.72 Å². The van der Waals surface area contributed by atoms with Gasteiger partial charge in [0.2, 0.25) is 10.0 Å². The van der Waals surface area contributed by atoms with Crippen LogP contribution in [0.2, 0.25) is 0 Å². The highest BCUT2D eigenvalue weighted by Crippen LogP contribution is 2.30. The number of hydrogen-bond donors (Lipinski definition) is 1. The second kappa shape index (κ2) is 7.22. The Labute approximate surface area is 153 Å². The normalized spacial score (nSPS) is 12.2. The first-order chi connectivity index (χ1) is 11.9. The second-order valence-electron chi connectivity index (χ2n) is 5.92. The molecule has 0 fully saturated rings. The molecule has 0 radical (unpaired) electrons. The first-order valence-electron chi connectivity index (χ1n) is 7.47. The fourth-order valence-electron chi connectivity index (χ4n) is 2.18. The van der Waals surface area contributed by atoms with Crippen LogP contribution < -0.4 is 9.62 Å². The predicted molar refractivity (Wildman–Crippen MR) is 98.9 cm³/mol. The summed E-state index contributed by atoms with van der Waals surface area (Å²) >= 11 is 0. The maximum Gasteiger partial charge on any atom is 0.261 e. The van der Waals surface area contributed by atoms with Gasteiger partial charge in [0.1, 0.15) is 5.82 Å². The minimum absolute atomic E-state index is 0.0510. The van der Waals surface area contributed by atoms with Crippen molar-refractivity contribution in [3.05, 3.63) is 48.3 Å². The van der Waals surface area contributed by atoms with Crippen LogP contribution >= 0.6 is 0 Å². The first-order valence-corrected chi connectivity index (χ1v) is 10.4. The highest BCUT2D eigenvalue weighted by Gasteiger charge is 2.22. The first kappa shape index (κ1) is 20.1. The molecule has 0 aliphatic carbocycles. The number of hydrogen-bond acceptors (Lipinski definition) is 5. The molecule has 10 heteroatoms. The predicted octanol–water partition coefficient (Wildman–Crippen LogP) is 1.94. The third kappa shape index (κ3) is 4.14. The van der Waals surface area contributed by atoms with Crippen molar-refractivity contribution in [3.8, 4) is 0 Å². The molecule has 0 aromatic heterocycles. The molecule has 0 aliphatic rings. The Bertz CT molecular complexity index is 1000. The van der Waals surface area contributed by atoms with Crippen molar-refractivity contribution < 1.29 is 21.2 Å². The van der Waals surface area contributed by atoms with Crippen LogP contribution in [0.25, 0.3) is 0 Å². The van der Waals surface area contributed by atoms with Crippen LogP contribution in [0.1, 0.15) is 0 Å². The van der Waals surface area contributed by atoms with Crippen LogP contribution in [0.5, 0.6) is 0 Å². The van der Waals surface area contributed by atoms with E-state index >= 15 is 0 Å². The molecule has 2 rings (SSSR count). The number of anilines is 2. The lowest BCUT2D eigenvalue weighted by Gasteiger charge is -2.20. The van der Waals surface area contributed by atoms with Gasteiger partial charge >= 0.3 is 0 Å². The lowest BCUT2D eigenvalue weighted by Crippen LogP contribution is -2.23. The van der Waals surface area contributed by atoms with Gasteiger partial charge in [-0.3, -0.25) is 4.72 Å². The van der Waals surface area contributed by atoms with E-state index in [1.54, 1.807) is 19.0 Å². The zero-order chi connectivity index (χ0) is 19.7. The molecule has 0 atom stereocenters. The summed E-state index contributed by atoms with van der Waals surface area (Å²) in [7, 11) is -1.59. The van der Waals surface area contributed by atoms with Gasteiger partial charge in [0.25, 0.3) is 10.0 Å². The van der Waals surface area contributed by atoms with Gasteiger partial charge in [0, 0.05) is 28.2 Å². The Hall–Kier alpha value is -2.17. The molecule has 7 nitrogen and oxygen atoms in total. The lowest BCUT2D eigenvalue weighted by atomic mass is 10.2. The molecule has 0 saturated carbocycles. The van der Waals surface area contributed by atoms with E-state index in [0.29, 0.717) is 5.69 Å². The van der Waals surface area contributed by atoms with Crippen molar-refractivity contribution in [2.24, 2.45) is 0 Å². The average molecular weight is 401 g/mol. The summed E-state index contributed by atoms with van der Waals surface area (Å²) in [5, 5.41) is 0. The van der Waals surface area contributed by atoms with Crippen LogP contribution in [0.3, 0.4) is 0 Å². The standard InChI is InChI=1S/C16H20FN3O4S2/c1-19(2)16-10-9-14(26(23,24)20(3)4)11-15(16)18-25(21,22)13-7-5-12(17)6-8-13/h5-11,18H,1-4H3. The summed E-state index contributed by atoms with van der Waals surface area (Å²) in [6, 6.07) is 8.51. The van der Waals surface area contributed by atoms with Gasteiger partial charge < -0.3 is 4.90 Å². The summed E-state index contributed by atoms with van der Waals surface area (Å²) in [6.45, 7) is 0. The van der Waals surface area contributed by atoms with Gasteiger partial charge in [-0.1, -0.05) is 0 Å². The molecule has 26 heavy (non-hydrogen) atoms. The minimum Gasteiger partial charge on any atom is -0.376 e. The monoisotopic (exact) mass is 401 g/mol. The molecular formula is C16H20FN3O4S2. The van der Waals surface area contributed by atoms with Crippen molar-refractivity contribution in [1.82, 2.24) is 4.31 Å². The Balaban J connectivity index is 2.54. The molecule has 0 unspecified atom stereocenters. The SMILES string of the molecule is CN(C)c1ccc(S(=O)(=O)N(C)C)cc1NS(=O)(=O)c1ccc(F)cc1. The zero-order valence-electron chi connectivity index (χ0n) is 14.8. The molecule has 1 N–H and O–H groups in total. The number of nitrogens with one attached hydrogen (secondary N) is 1. The van der Waals surface area contributed by atoms with Crippen molar-refractivity contribution in [2.45, 2.75) is 9.79 Å². The topological polar surface area (TPSA) is 86.8 Å². The third-order valence-corrected chi connectivity index (χ3v) is 6.79. The maximum atomic E-state index is 13.0. The fourth-order valence-corrected chi connectivity index (χ4v) is 4.17. The largest absolute Gasteiger partial charge is 0.376 e. The Morgan fingerprint density at radius 2 is 1.38 bits per heavy atom. The van der Waals surface area contributed by atoms with Crippen LogP contribution in [0.15, 0.2) is 52.3 Å². The highest BCUT2D eigenvalue weighted by molar-refractivity contribution is 7.92. The highest BCUT2D eigenvalue weighted by atomic mass is 32.2. The van der Waals surface area contributed by atoms with E-state index in [1.165, 1.54) is 32.3 Å². The summed E-state index contributed by atoms with van der Waals surface area (Å²) in [6.07, 6.45) is 0. The number of benzene rings is 2. The number of nitrogens with zero attached hydrogens (tertiary/aromatic N) is 2. The molecule has 0 spiro atoms. The molecular weight excluding hydrogens is 381 g/mol. The number of halogens is 1. The molecule has 0 heterocycles. The van der Waals surface area contributed by atoms with Crippen LogP contribution in [-0.2, 0) is 20.0 Å². The van der Waals surface area contributed by atoms with E-state index in [-0.39, 0.29) is 15.5 Å². The van der Waals surface area contributed by atoms with Crippen molar-refractivity contribution in [1.29, 1.82) is 0 Å². The Morgan fingerprint density at radius 1 is 0.846 bits per heavy atom. The van der Waals surface area contributed by atoms with Gasteiger partial charge in [-0.25, -0.2) is 25.5 Å². The van der Waals surface area contributed by atoms with E-state index in [1.807, 2.05) is 0 Å². The molecule has 0 bridgehead atoms. The smallest absolute Gasteiger partial charge is 0.261 e. The van der Waals surface area contributed by atoms with Crippen molar-refractivity contribution >= 4 is 31.4 Å². The summed E-state index contributed by atoms with van der Waals surface area (Å²) in [5.74, 6) is -0.558. The lowest BCUT2D eigenvalue weighted by molar-refractivity contribution is 0.520. The number of sulfonamides is 2. The van der Waals surface area contributed by atoms with Crippen LogP contribution in [-0.4, -0.2) is 49.3 Å². The van der Waals surface area contributed by atoms with Crippen LogP contribution in [0, 0.1) is 5.82 Å². The van der Waals surface area contributed by atoms with Gasteiger partial charge in [-0.15, -0.1) is 0 Å². The van der Waals surface area contributed by atoms with Gasteiger partial charge in [0.15, 0.2) is 0 Å².